The first kappa shape index (κ1) is 11.6. The maximum absolute atomic E-state index is 7.16. The van der Waals surface area contributed by atoms with Crippen LogP contribution in [0.1, 0.15) is 19.8 Å². The van der Waals surface area contributed by atoms with E-state index in [2.05, 4.69) is 24.0 Å². The Labute approximate surface area is 91.4 Å². The number of nitrogens with one attached hydrogen (secondary N) is 1. The number of benzene rings is 1. The van der Waals surface area contributed by atoms with Crippen molar-refractivity contribution in [1.82, 2.24) is 0 Å². The van der Waals surface area contributed by atoms with Crippen molar-refractivity contribution in [1.29, 1.82) is 5.41 Å². The largest absolute Gasteiger partial charge is 0.388 e. The molecule has 1 rings (SSSR count). The molecule has 15 heavy (non-hydrogen) atoms. The summed E-state index contributed by atoms with van der Waals surface area (Å²) in [5, 5.41) is 7.16. The quantitative estimate of drug-likeness (QED) is 0.552. The summed E-state index contributed by atoms with van der Waals surface area (Å²) in [6.45, 7) is 4.09. The lowest BCUT2D eigenvalue weighted by Gasteiger charge is -2.22. The molecule has 0 spiro atoms. The van der Waals surface area contributed by atoms with Gasteiger partial charge in [0.15, 0.2) is 0 Å². The van der Waals surface area contributed by atoms with E-state index in [9.17, 15) is 0 Å². The number of hydrogen-bond donors (Lipinski definition) is 2. The zero-order valence-corrected chi connectivity index (χ0v) is 9.24. The van der Waals surface area contributed by atoms with Gasteiger partial charge < -0.3 is 10.6 Å². The van der Waals surface area contributed by atoms with Gasteiger partial charge in [0.25, 0.3) is 0 Å². The number of para-hydroxylation sites is 1. The molecule has 0 amide bonds. The number of hydrogen-bond acceptors (Lipinski definition) is 2. The van der Waals surface area contributed by atoms with Crippen LogP contribution in [-0.4, -0.2) is 18.9 Å². The van der Waals surface area contributed by atoms with Crippen molar-refractivity contribution in [2.24, 2.45) is 5.73 Å². The Balaban J connectivity index is 2.46. The first-order valence-corrected chi connectivity index (χ1v) is 5.37. The number of nitrogens with two attached hydrogens (primary N) is 1. The molecule has 0 fully saturated rings. The van der Waals surface area contributed by atoms with Crippen LogP contribution in [0.15, 0.2) is 30.3 Å². The summed E-state index contributed by atoms with van der Waals surface area (Å²) < 4.78 is 0. The van der Waals surface area contributed by atoms with E-state index in [1.165, 1.54) is 5.69 Å². The van der Waals surface area contributed by atoms with Gasteiger partial charge in [-0.2, -0.15) is 0 Å². The highest BCUT2D eigenvalue weighted by Crippen LogP contribution is 2.13. The smallest absolute Gasteiger partial charge is 0.0905 e. The molecular weight excluding hydrogens is 186 g/mol. The molecule has 0 heterocycles. The monoisotopic (exact) mass is 205 g/mol. The van der Waals surface area contributed by atoms with Crippen molar-refractivity contribution in [3.63, 3.8) is 0 Å². The molecule has 0 aliphatic rings. The summed E-state index contributed by atoms with van der Waals surface area (Å²) in [6.07, 6.45) is 1.63. The maximum Gasteiger partial charge on any atom is 0.0905 e. The average Bonchev–Trinajstić information content (AvgIpc) is 2.25. The maximum atomic E-state index is 7.16. The minimum Gasteiger partial charge on any atom is -0.388 e. The highest BCUT2D eigenvalue weighted by molar-refractivity contribution is 5.76. The number of nitrogens with zero attached hydrogens (tertiary/aromatic N) is 1. The molecule has 1 aromatic carbocycles. The van der Waals surface area contributed by atoms with Crippen LogP contribution in [-0.2, 0) is 0 Å². The van der Waals surface area contributed by atoms with Crippen LogP contribution >= 0.6 is 0 Å². The van der Waals surface area contributed by atoms with E-state index in [4.69, 9.17) is 11.1 Å². The molecule has 0 atom stereocenters. The van der Waals surface area contributed by atoms with Gasteiger partial charge in [-0.05, 0) is 25.5 Å². The fourth-order valence-corrected chi connectivity index (χ4v) is 1.57. The molecule has 0 saturated carbocycles. The predicted octanol–water partition coefficient (Wildman–Crippen LogP) is 2.23. The minimum absolute atomic E-state index is 0.277. The second kappa shape index (κ2) is 6.06. The van der Waals surface area contributed by atoms with Crippen LogP contribution in [0.25, 0.3) is 0 Å². The van der Waals surface area contributed by atoms with Crippen molar-refractivity contribution in [3.8, 4) is 0 Å². The zero-order valence-electron chi connectivity index (χ0n) is 9.24. The Bertz CT molecular complexity index is 295. The molecule has 0 aromatic heterocycles. The molecule has 3 N–H and O–H groups in total. The first-order valence-electron chi connectivity index (χ1n) is 5.37. The Morgan fingerprint density at radius 3 is 2.53 bits per heavy atom. The van der Waals surface area contributed by atoms with Gasteiger partial charge in [0, 0.05) is 25.2 Å². The molecule has 0 radical (unpaired) electrons. The normalized spacial score (nSPS) is 9.93. The lowest BCUT2D eigenvalue weighted by Crippen LogP contribution is -2.25. The summed E-state index contributed by atoms with van der Waals surface area (Å²) >= 11 is 0. The van der Waals surface area contributed by atoms with E-state index in [0.717, 1.165) is 19.5 Å². The summed E-state index contributed by atoms with van der Waals surface area (Å²) in [7, 11) is 0. The third-order valence-electron chi connectivity index (χ3n) is 2.38. The molecule has 0 unspecified atom stereocenters. The SMILES string of the molecule is CCN(CCCC(=N)N)c1ccccc1. The van der Waals surface area contributed by atoms with Crippen molar-refractivity contribution >= 4 is 11.5 Å². The fraction of sp³-hybridized carbons (Fsp3) is 0.417. The third kappa shape index (κ3) is 4.02. The van der Waals surface area contributed by atoms with Crippen molar-refractivity contribution in [3.05, 3.63) is 30.3 Å². The van der Waals surface area contributed by atoms with Gasteiger partial charge in [0.2, 0.25) is 0 Å². The Morgan fingerprint density at radius 2 is 2.00 bits per heavy atom. The topological polar surface area (TPSA) is 53.1 Å². The predicted molar refractivity (Wildman–Crippen MR) is 65.5 cm³/mol. The molecule has 0 aliphatic heterocycles. The van der Waals surface area contributed by atoms with Crippen molar-refractivity contribution in [2.45, 2.75) is 19.8 Å². The highest BCUT2D eigenvalue weighted by Gasteiger charge is 2.02. The van der Waals surface area contributed by atoms with Crippen LogP contribution in [0, 0.1) is 5.41 Å². The summed E-state index contributed by atoms with van der Waals surface area (Å²) in [4.78, 5) is 2.29. The van der Waals surface area contributed by atoms with Crippen LogP contribution in [0.2, 0.25) is 0 Å². The molecule has 0 aliphatic carbocycles. The average molecular weight is 205 g/mol. The lowest BCUT2D eigenvalue weighted by molar-refractivity contribution is 0.765. The number of amidine groups is 1. The number of anilines is 1. The van der Waals surface area contributed by atoms with Gasteiger partial charge in [-0.3, -0.25) is 5.41 Å². The van der Waals surface area contributed by atoms with E-state index >= 15 is 0 Å². The minimum atomic E-state index is 0.277. The summed E-state index contributed by atoms with van der Waals surface area (Å²) in [5.41, 5.74) is 6.56. The molecule has 3 heteroatoms. The standard InChI is InChI=1S/C12H19N3/c1-2-15(10-6-9-12(13)14)11-7-4-3-5-8-11/h3-5,7-8H,2,6,9-10H2,1H3,(H3,13,14). The van der Waals surface area contributed by atoms with Gasteiger partial charge in [0.05, 0.1) is 5.84 Å². The van der Waals surface area contributed by atoms with Gasteiger partial charge >= 0.3 is 0 Å². The van der Waals surface area contributed by atoms with E-state index < -0.39 is 0 Å². The summed E-state index contributed by atoms with van der Waals surface area (Å²) in [5.74, 6) is 0.277. The van der Waals surface area contributed by atoms with E-state index in [1.807, 2.05) is 18.2 Å². The molecule has 1 aromatic rings. The molecule has 0 bridgehead atoms. The van der Waals surface area contributed by atoms with E-state index in [0.29, 0.717) is 6.42 Å². The van der Waals surface area contributed by atoms with Crippen molar-refractivity contribution in [2.75, 3.05) is 18.0 Å². The zero-order chi connectivity index (χ0) is 11.1. The fourth-order valence-electron chi connectivity index (χ4n) is 1.57. The van der Waals surface area contributed by atoms with Gasteiger partial charge in [-0.1, -0.05) is 18.2 Å². The Morgan fingerprint density at radius 1 is 1.33 bits per heavy atom. The van der Waals surface area contributed by atoms with Crippen LogP contribution in [0.4, 0.5) is 5.69 Å². The first-order chi connectivity index (χ1) is 7.24. The molecular formula is C12H19N3. The summed E-state index contributed by atoms with van der Waals surface area (Å²) in [6, 6.07) is 10.3. The molecule has 0 saturated heterocycles. The van der Waals surface area contributed by atoms with Gasteiger partial charge in [-0.25, -0.2) is 0 Å². The lowest BCUT2D eigenvalue weighted by atomic mass is 10.2. The highest BCUT2D eigenvalue weighted by atomic mass is 15.1. The van der Waals surface area contributed by atoms with Crippen LogP contribution in [0.3, 0.4) is 0 Å². The van der Waals surface area contributed by atoms with Gasteiger partial charge in [-0.15, -0.1) is 0 Å². The second-order valence-electron chi connectivity index (χ2n) is 3.54. The van der Waals surface area contributed by atoms with Gasteiger partial charge in [0.1, 0.15) is 0 Å². The molecule has 82 valence electrons. The number of rotatable bonds is 6. The van der Waals surface area contributed by atoms with Crippen molar-refractivity contribution < 1.29 is 0 Å². The van der Waals surface area contributed by atoms with E-state index in [-0.39, 0.29) is 5.84 Å². The molecule has 3 nitrogen and oxygen atoms in total. The Kier molecular flexibility index (Phi) is 4.68. The van der Waals surface area contributed by atoms with Crippen LogP contribution < -0.4 is 10.6 Å². The second-order valence-corrected chi connectivity index (χ2v) is 3.54. The van der Waals surface area contributed by atoms with E-state index in [1.54, 1.807) is 0 Å². The third-order valence-corrected chi connectivity index (χ3v) is 2.38. The van der Waals surface area contributed by atoms with Crippen LogP contribution in [0.5, 0.6) is 0 Å². The Hall–Kier alpha value is -1.51.